The first-order chi connectivity index (χ1) is 9.35. The summed E-state index contributed by atoms with van der Waals surface area (Å²) in [5, 5.41) is 2.73. The molecular weight excluding hydrogens is 339 g/mol. The zero-order valence-corrected chi connectivity index (χ0v) is 12.1. The van der Waals surface area contributed by atoms with Gasteiger partial charge in [-0.2, -0.15) is 13.2 Å². The molecule has 110 valence electrons. The standard InChI is InChI=1S/C13H13BrF3NO2/c14-10(3-4-20-7-13(15,16)17)8-1-2-11-9(5-8)6-12(19)18-11/h1-2,5,10H,3-4,6-7H2,(H,18,19). The molecule has 1 amide bonds. The van der Waals surface area contributed by atoms with E-state index in [1.807, 2.05) is 12.1 Å². The van der Waals surface area contributed by atoms with E-state index in [0.717, 1.165) is 16.8 Å². The molecule has 1 aromatic rings. The van der Waals surface area contributed by atoms with Crippen LogP contribution >= 0.6 is 15.9 Å². The van der Waals surface area contributed by atoms with Gasteiger partial charge in [-0.25, -0.2) is 0 Å². The topological polar surface area (TPSA) is 38.3 Å². The number of hydrogen-bond donors (Lipinski definition) is 1. The summed E-state index contributed by atoms with van der Waals surface area (Å²) in [6.07, 6.45) is -3.52. The fraction of sp³-hybridized carbons (Fsp3) is 0.462. The van der Waals surface area contributed by atoms with Crippen LogP contribution < -0.4 is 5.32 Å². The van der Waals surface area contributed by atoms with Gasteiger partial charge in [0.05, 0.1) is 6.42 Å². The second-order valence-electron chi connectivity index (χ2n) is 4.57. The molecule has 2 rings (SSSR count). The van der Waals surface area contributed by atoms with Crippen LogP contribution in [0.15, 0.2) is 18.2 Å². The third kappa shape index (κ3) is 4.21. The number of carbonyl (C=O) groups excluding carboxylic acids is 1. The molecule has 1 unspecified atom stereocenters. The highest BCUT2D eigenvalue weighted by atomic mass is 79.9. The molecular formula is C13H13BrF3NO2. The van der Waals surface area contributed by atoms with Gasteiger partial charge in [0.2, 0.25) is 5.91 Å². The molecule has 0 aliphatic carbocycles. The monoisotopic (exact) mass is 351 g/mol. The van der Waals surface area contributed by atoms with Gasteiger partial charge in [-0.3, -0.25) is 4.79 Å². The van der Waals surface area contributed by atoms with Gasteiger partial charge in [0.1, 0.15) is 6.61 Å². The summed E-state index contributed by atoms with van der Waals surface area (Å²) in [5.74, 6) is -0.0446. The van der Waals surface area contributed by atoms with E-state index >= 15 is 0 Å². The fourth-order valence-corrected chi connectivity index (χ4v) is 2.46. The molecule has 0 saturated carbocycles. The Morgan fingerprint density at radius 3 is 2.85 bits per heavy atom. The highest BCUT2D eigenvalue weighted by molar-refractivity contribution is 9.09. The average molecular weight is 352 g/mol. The number of ether oxygens (including phenoxy) is 1. The van der Waals surface area contributed by atoms with Crippen molar-refractivity contribution in [3.8, 4) is 0 Å². The smallest absolute Gasteiger partial charge is 0.372 e. The van der Waals surface area contributed by atoms with Crippen molar-refractivity contribution in [2.75, 3.05) is 18.5 Å². The van der Waals surface area contributed by atoms with Gasteiger partial charge in [0, 0.05) is 17.1 Å². The van der Waals surface area contributed by atoms with E-state index < -0.39 is 12.8 Å². The lowest BCUT2D eigenvalue weighted by molar-refractivity contribution is -0.174. The Labute approximate surface area is 122 Å². The molecule has 0 radical (unpaired) electrons. The molecule has 0 aromatic heterocycles. The molecule has 0 saturated heterocycles. The Hall–Kier alpha value is -1.08. The van der Waals surface area contributed by atoms with Crippen molar-refractivity contribution < 1.29 is 22.7 Å². The van der Waals surface area contributed by atoms with Crippen molar-refractivity contribution in [2.45, 2.75) is 23.8 Å². The molecule has 1 aliphatic heterocycles. The third-order valence-corrected chi connectivity index (χ3v) is 3.88. The molecule has 1 aromatic carbocycles. The minimum absolute atomic E-state index is 0.0176. The van der Waals surface area contributed by atoms with Gasteiger partial charge in [-0.1, -0.05) is 28.1 Å². The number of alkyl halides is 4. The van der Waals surface area contributed by atoms with Crippen molar-refractivity contribution in [3.63, 3.8) is 0 Å². The summed E-state index contributed by atoms with van der Waals surface area (Å²) in [7, 11) is 0. The lowest BCUT2D eigenvalue weighted by atomic mass is 10.0. The van der Waals surface area contributed by atoms with Crippen molar-refractivity contribution in [2.24, 2.45) is 0 Å². The van der Waals surface area contributed by atoms with E-state index in [1.54, 1.807) is 6.07 Å². The molecule has 0 spiro atoms. The molecule has 1 N–H and O–H groups in total. The first-order valence-electron chi connectivity index (χ1n) is 6.06. The van der Waals surface area contributed by atoms with Gasteiger partial charge >= 0.3 is 6.18 Å². The average Bonchev–Trinajstić information content (AvgIpc) is 2.72. The maximum atomic E-state index is 11.9. The summed E-state index contributed by atoms with van der Waals surface area (Å²) in [5.41, 5.74) is 2.63. The number of halogens is 4. The first-order valence-corrected chi connectivity index (χ1v) is 6.98. The molecule has 3 nitrogen and oxygen atoms in total. The highest BCUT2D eigenvalue weighted by Gasteiger charge is 2.27. The normalized spacial score (nSPS) is 15.9. The lowest BCUT2D eigenvalue weighted by Crippen LogP contribution is -2.17. The van der Waals surface area contributed by atoms with Crippen LogP contribution in [0.2, 0.25) is 0 Å². The van der Waals surface area contributed by atoms with Crippen LogP contribution in [-0.2, 0) is 16.0 Å². The van der Waals surface area contributed by atoms with E-state index in [1.165, 1.54) is 0 Å². The molecule has 20 heavy (non-hydrogen) atoms. The minimum atomic E-state index is -4.29. The Kier molecular flexibility index (Phi) is 4.70. The van der Waals surface area contributed by atoms with E-state index in [4.69, 9.17) is 0 Å². The first kappa shape index (κ1) is 15.3. The number of amides is 1. The number of fused-ring (bicyclic) bond motifs is 1. The van der Waals surface area contributed by atoms with E-state index in [9.17, 15) is 18.0 Å². The number of carbonyl (C=O) groups is 1. The van der Waals surface area contributed by atoms with Crippen molar-refractivity contribution >= 4 is 27.5 Å². The summed E-state index contributed by atoms with van der Waals surface area (Å²) in [6, 6.07) is 5.53. The van der Waals surface area contributed by atoms with Crippen LogP contribution in [0.4, 0.5) is 18.9 Å². The van der Waals surface area contributed by atoms with Gasteiger partial charge in [0.25, 0.3) is 0 Å². The number of rotatable bonds is 5. The zero-order chi connectivity index (χ0) is 14.8. The quantitative estimate of drug-likeness (QED) is 0.650. The molecule has 0 bridgehead atoms. The van der Waals surface area contributed by atoms with Crippen LogP contribution in [0.1, 0.15) is 22.4 Å². The van der Waals surface area contributed by atoms with E-state index in [-0.39, 0.29) is 17.3 Å². The highest BCUT2D eigenvalue weighted by Crippen LogP contribution is 2.32. The van der Waals surface area contributed by atoms with E-state index in [0.29, 0.717) is 12.8 Å². The number of nitrogens with one attached hydrogen (secondary N) is 1. The van der Waals surface area contributed by atoms with Crippen LogP contribution in [0.5, 0.6) is 0 Å². The molecule has 0 fully saturated rings. The molecule has 1 atom stereocenters. The maximum Gasteiger partial charge on any atom is 0.411 e. The Bertz CT molecular complexity index is 505. The van der Waals surface area contributed by atoms with Crippen LogP contribution in [0.3, 0.4) is 0 Å². The Morgan fingerprint density at radius 2 is 2.15 bits per heavy atom. The number of benzene rings is 1. The minimum Gasteiger partial charge on any atom is -0.372 e. The van der Waals surface area contributed by atoms with Gasteiger partial charge in [-0.05, 0) is 23.6 Å². The van der Waals surface area contributed by atoms with Gasteiger partial charge in [0.15, 0.2) is 0 Å². The summed E-state index contributed by atoms with van der Waals surface area (Å²) >= 11 is 3.42. The Morgan fingerprint density at radius 1 is 1.40 bits per heavy atom. The summed E-state index contributed by atoms with van der Waals surface area (Å²) in [4.78, 5) is 11.1. The predicted octanol–water partition coefficient (Wildman–Crippen LogP) is 3.59. The lowest BCUT2D eigenvalue weighted by Gasteiger charge is -2.12. The molecule has 7 heteroatoms. The second kappa shape index (κ2) is 6.13. The number of anilines is 1. The fourth-order valence-electron chi connectivity index (χ4n) is 1.99. The van der Waals surface area contributed by atoms with Crippen LogP contribution in [0.25, 0.3) is 0 Å². The Balaban J connectivity index is 1.86. The van der Waals surface area contributed by atoms with Crippen LogP contribution in [0, 0.1) is 0 Å². The summed E-state index contributed by atoms with van der Waals surface area (Å²) < 4.78 is 40.3. The predicted molar refractivity (Wildman–Crippen MR) is 71.9 cm³/mol. The van der Waals surface area contributed by atoms with Gasteiger partial charge in [-0.15, -0.1) is 0 Å². The molecule has 1 heterocycles. The zero-order valence-electron chi connectivity index (χ0n) is 10.5. The van der Waals surface area contributed by atoms with Crippen LogP contribution in [-0.4, -0.2) is 25.3 Å². The molecule has 1 aliphatic rings. The summed E-state index contributed by atoms with van der Waals surface area (Å²) in [6.45, 7) is -1.21. The van der Waals surface area contributed by atoms with Crippen molar-refractivity contribution in [1.29, 1.82) is 0 Å². The van der Waals surface area contributed by atoms with Gasteiger partial charge < -0.3 is 10.1 Å². The largest absolute Gasteiger partial charge is 0.411 e. The van der Waals surface area contributed by atoms with E-state index in [2.05, 4.69) is 26.0 Å². The van der Waals surface area contributed by atoms with Crippen molar-refractivity contribution in [3.05, 3.63) is 29.3 Å². The van der Waals surface area contributed by atoms with Crippen molar-refractivity contribution in [1.82, 2.24) is 0 Å². The third-order valence-electron chi connectivity index (χ3n) is 2.90. The number of hydrogen-bond acceptors (Lipinski definition) is 2. The second-order valence-corrected chi connectivity index (χ2v) is 5.67. The SMILES string of the molecule is O=C1Cc2cc(C(Br)CCOCC(F)(F)F)ccc2N1. The maximum absolute atomic E-state index is 11.9.